The van der Waals surface area contributed by atoms with Gasteiger partial charge in [-0.3, -0.25) is 0 Å². The quantitative estimate of drug-likeness (QED) is 0.155. The Balaban J connectivity index is 1.81. The minimum absolute atomic E-state index is 0.198. The van der Waals surface area contributed by atoms with Crippen molar-refractivity contribution >= 4 is 17.5 Å². The first-order chi connectivity index (χ1) is 17.1. The predicted molar refractivity (Wildman–Crippen MR) is 135 cm³/mol. The standard InChI is InChI=1S/C31H24O4/c1-2-34-29(32)21-27-26-20-25(18-19-28(26)35-30(27)33)31(22-12-6-3-7-13-22,23-14-8-4-9-15-23)24-16-10-5-11-17-24/h3-21H,2H2,1H3/b27-21-. The molecule has 0 N–H and O–H groups in total. The topological polar surface area (TPSA) is 52.6 Å². The molecule has 0 saturated heterocycles. The maximum absolute atomic E-state index is 12.6. The Labute approximate surface area is 204 Å². The zero-order valence-electron chi connectivity index (χ0n) is 19.3. The van der Waals surface area contributed by atoms with E-state index >= 15 is 0 Å². The minimum atomic E-state index is -0.667. The van der Waals surface area contributed by atoms with Crippen molar-refractivity contribution in [2.45, 2.75) is 12.3 Å². The van der Waals surface area contributed by atoms with Crippen LogP contribution in [0, 0.1) is 0 Å². The Morgan fingerprint density at radius 2 is 1.29 bits per heavy atom. The number of ether oxygens (including phenoxy) is 2. The molecular formula is C31H24O4. The van der Waals surface area contributed by atoms with E-state index in [2.05, 4.69) is 36.4 Å². The van der Waals surface area contributed by atoms with E-state index in [9.17, 15) is 9.59 Å². The first-order valence-electron chi connectivity index (χ1n) is 11.6. The second kappa shape index (κ2) is 9.43. The molecule has 0 aromatic heterocycles. The summed E-state index contributed by atoms with van der Waals surface area (Å²) in [6.45, 7) is 1.95. The van der Waals surface area contributed by atoms with Gasteiger partial charge in [0.2, 0.25) is 0 Å². The molecule has 0 unspecified atom stereocenters. The van der Waals surface area contributed by atoms with Crippen LogP contribution >= 0.6 is 0 Å². The third-order valence-electron chi connectivity index (χ3n) is 6.29. The van der Waals surface area contributed by atoms with Crippen LogP contribution < -0.4 is 4.74 Å². The lowest BCUT2D eigenvalue weighted by atomic mass is 9.65. The van der Waals surface area contributed by atoms with Crippen LogP contribution in [0.5, 0.6) is 5.75 Å². The van der Waals surface area contributed by atoms with Crippen molar-refractivity contribution in [2.75, 3.05) is 6.61 Å². The molecule has 5 rings (SSSR count). The Hall–Kier alpha value is -4.44. The first-order valence-corrected chi connectivity index (χ1v) is 11.6. The number of carbonyl (C=O) groups is 2. The molecule has 1 aliphatic rings. The summed E-state index contributed by atoms with van der Waals surface area (Å²) in [5.41, 5.74) is 4.30. The van der Waals surface area contributed by atoms with Crippen molar-refractivity contribution in [1.29, 1.82) is 0 Å². The maximum atomic E-state index is 12.6. The van der Waals surface area contributed by atoms with Crippen molar-refractivity contribution < 1.29 is 19.1 Å². The van der Waals surface area contributed by atoms with Crippen molar-refractivity contribution in [3.05, 3.63) is 143 Å². The van der Waals surface area contributed by atoms with Gasteiger partial charge in [-0.15, -0.1) is 0 Å². The Morgan fingerprint density at radius 3 is 1.77 bits per heavy atom. The zero-order valence-corrected chi connectivity index (χ0v) is 19.3. The van der Waals surface area contributed by atoms with Gasteiger partial charge in [0, 0.05) is 11.6 Å². The Kier molecular flexibility index (Phi) is 6.02. The highest BCUT2D eigenvalue weighted by Gasteiger charge is 2.40. The molecule has 0 bridgehead atoms. The number of rotatable bonds is 6. The van der Waals surface area contributed by atoms with Crippen molar-refractivity contribution in [2.24, 2.45) is 0 Å². The van der Waals surface area contributed by atoms with Gasteiger partial charge < -0.3 is 9.47 Å². The van der Waals surface area contributed by atoms with Crippen LogP contribution in [-0.2, 0) is 19.7 Å². The summed E-state index contributed by atoms with van der Waals surface area (Å²) in [4.78, 5) is 24.8. The predicted octanol–water partition coefficient (Wildman–Crippen LogP) is 5.93. The second-order valence-electron chi connectivity index (χ2n) is 8.26. The highest BCUT2D eigenvalue weighted by molar-refractivity contribution is 6.24. The molecule has 0 atom stereocenters. The third-order valence-corrected chi connectivity index (χ3v) is 6.29. The lowest BCUT2D eigenvalue weighted by Gasteiger charge is -2.37. The average molecular weight is 461 g/mol. The number of hydrogen-bond donors (Lipinski definition) is 0. The number of hydrogen-bond acceptors (Lipinski definition) is 4. The first kappa shape index (κ1) is 22.4. The van der Waals surface area contributed by atoms with Crippen LogP contribution in [0.3, 0.4) is 0 Å². The minimum Gasteiger partial charge on any atom is -0.463 e. The van der Waals surface area contributed by atoms with Crippen LogP contribution in [-0.4, -0.2) is 18.5 Å². The molecule has 0 spiro atoms. The van der Waals surface area contributed by atoms with Gasteiger partial charge in [0.25, 0.3) is 0 Å². The van der Waals surface area contributed by atoms with Gasteiger partial charge in [0.15, 0.2) is 0 Å². The molecule has 0 fully saturated rings. The average Bonchev–Trinajstić information content (AvgIpc) is 3.21. The summed E-state index contributed by atoms with van der Waals surface area (Å²) in [5.74, 6) is -0.703. The van der Waals surface area contributed by atoms with Crippen molar-refractivity contribution in [3.8, 4) is 5.75 Å². The summed E-state index contributed by atoms with van der Waals surface area (Å²) in [7, 11) is 0. The number of benzene rings is 4. The lowest BCUT2D eigenvalue weighted by molar-refractivity contribution is -0.137. The highest BCUT2D eigenvalue weighted by atomic mass is 16.5. The maximum Gasteiger partial charge on any atom is 0.344 e. The van der Waals surface area contributed by atoms with E-state index in [4.69, 9.17) is 9.47 Å². The van der Waals surface area contributed by atoms with Gasteiger partial charge in [0.05, 0.1) is 17.6 Å². The van der Waals surface area contributed by atoms with E-state index in [1.807, 2.05) is 66.7 Å². The van der Waals surface area contributed by atoms with E-state index < -0.39 is 17.4 Å². The van der Waals surface area contributed by atoms with Gasteiger partial charge in [-0.05, 0) is 41.3 Å². The molecule has 0 saturated carbocycles. The van der Waals surface area contributed by atoms with Gasteiger partial charge in [-0.2, -0.15) is 0 Å². The van der Waals surface area contributed by atoms with Crippen LogP contribution in [0.25, 0.3) is 5.57 Å². The summed E-state index contributed by atoms with van der Waals surface area (Å²) in [6.07, 6.45) is 1.22. The molecule has 1 heterocycles. The second-order valence-corrected chi connectivity index (χ2v) is 8.26. The molecule has 4 heteroatoms. The van der Waals surface area contributed by atoms with Crippen molar-refractivity contribution in [3.63, 3.8) is 0 Å². The Morgan fingerprint density at radius 1 is 0.771 bits per heavy atom. The number of carbonyl (C=O) groups excluding carboxylic acids is 2. The van der Waals surface area contributed by atoms with E-state index in [1.54, 1.807) is 13.0 Å². The molecule has 1 aliphatic heterocycles. The molecule has 4 aromatic carbocycles. The van der Waals surface area contributed by atoms with E-state index in [0.29, 0.717) is 11.3 Å². The molecule has 4 nitrogen and oxygen atoms in total. The normalized spacial score (nSPS) is 13.9. The summed E-state index contributed by atoms with van der Waals surface area (Å²) >= 11 is 0. The van der Waals surface area contributed by atoms with E-state index in [-0.39, 0.29) is 12.2 Å². The molecule has 172 valence electrons. The smallest absolute Gasteiger partial charge is 0.344 e. The summed E-state index contributed by atoms with van der Waals surface area (Å²) in [5, 5.41) is 0. The van der Waals surface area contributed by atoms with Crippen LogP contribution in [0.4, 0.5) is 0 Å². The highest BCUT2D eigenvalue weighted by Crippen LogP contribution is 2.47. The number of esters is 2. The largest absolute Gasteiger partial charge is 0.463 e. The van der Waals surface area contributed by atoms with Gasteiger partial charge in [0.1, 0.15) is 5.75 Å². The fraction of sp³-hybridized carbons (Fsp3) is 0.0968. The molecule has 35 heavy (non-hydrogen) atoms. The zero-order chi connectivity index (χ0) is 24.3. The summed E-state index contributed by atoms with van der Waals surface area (Å²) in [6, 6.07) is 36.6. The molecule has 0 amide bonds. The fourth-order valence-electron chi connectivity index (χ4n) is 4.83. The van der Waals surface area contributed by atoms with Crippen LogP contribution in [0.2, 0.25) is 0 Å². The van der Waals surface area contributed by atoms with Gasteiger partial charge >= 0.3 is 11.9 Å². The summed E-state index contributed by atoms with van der Waals surface area (Å²) < 4.78 is 10.5. The van der Waals surface area contributed by atoms with Crippen LogP contribution in [0.1, 0.15) is 34.7 Å². The molecular weight excluding hydrogens is 436 g/mol. The lowest BCUT2D eigenvalue weighted by Crippen LogP contribution is -2.31. The van der Waals surface area contributed by atoms with E-state index in [1.165, 1.54) is 6.08 Å². The van der Waals surface area contributed by atoms with Crippen molar-refractivity contribution in [1.82, 2.24) is 0 Å². The van der Waals surface area contributed by atoms with E-state index in [0.717, 1.165) is 22.3 Å². The van der Waals surface area contributed by atoms with Crippen LogP contribution in [0.15, 0.2) is 115 Å². The van der Waals surface area contributed by atoms with Gasteiger partial charge in [-0.1, -0.05) is 97.1 Å². The SMILES string of the molecule is CCOC(=O)/C=C1\C(=O)Oc2ccc(C(c3ccccc3)(c3ccccc3)c3ccccc3)cc21. The third kappa shape index (κ3) is 3.93. The number of fused-ring (bicyclic) bond motifs is 1. The Bertz CT molecular complexity index is 1290. The van der Waals surface area contributed by atoms with Gasteiger partial charge in [-0.25, -0.2) is 9.59 Å². The molecule has 0 aliphatic carbocycles. The monoisotopic (exact) mass is 460 g/mol. The molecule has 0 radical (unpaired) electrons. The fourth-order valence-corrected chi connectivity index (χ4v) is 4.83. The molecule has 4 aromatic rings.